The van der Waals surface area contributed by atoms with Crippen molar-refractivity contribution in [2.75, 3.05) is 7.05 Å². The van der Waals surface area contributed by atoms with Gasteiger partial charge in [-0.25, -0.2) is 4.79 Å². The number of amides is 2. The third-order valence-electron chi connectivity index (χ3n) is 0.809. The molecule has 0 atom stereocenters. The SMILES string of the molecule is C/C=C\C(=N)NC(=O)NC. The van der Waals surface area contributed by atoms with Crippen molar-refractivity contribution in [1.82, 2.24) is 10.6 Å². The molecular weight excluding hydrogens is 130 g/mol. The maximum Gasteiger partial charge on any atom is 0.320 e. The van der Waals surface area contributed by atoms with Crippen LogP contribution in [0.1, 0.15) is 6.92 Å². The molecule has 0 heterocycles. The normalized spacial score (nSPS) is 9.40. The first-order valence-corrected chi connectivity index (χ1v) is 2.90. The van der Waals surface area contributed by atoms with Crippen molar-refractivity contribution < 1.29 is 4.79 Å². The van der Waals surface area contributed by atoms with Crippen LogP contribution in [0.5, 0.6) is 0 Å². The van der Waals surface area contributed by atoms with Gasteiger partial charge in [-0.15, -0.1) is 0 Å². The fraction of sp³-hybridized carbons (Fsp3) is 0.333. The quantitative estimate of drug-likeness (QED) is 0.360. The Morgan fingerprint density at radius 3 is 2.60 bits per heavy atom. The number of nitrogens with one attached hydrogen (secondary N) is 3. The lowest BCUT2D eigenvalue weighted by Gasteiger charge is -1.99. The van der Waals surface area contributed by atoms with Gasteiger partial charge in [-0.05, 0) is 13.0 Å². The zero-order valence-electron chi connectivity index (χ0n) is 6.06. The number of carbonyl (C=O) groups excluding carboxylic acids is 1. The summed E-state index contributed by atoms with van der Waals surface area (Å²) in [5.41, 5.74) is 0. The lowest BCUT2D eigenvalue weighted by molar-refractivity contribution is 0.247. The average Bonchev–Trinajstić information content (AvgIpc) is 1.88. The molecule has 10 heavy (non-hydrogen) atoms. The Labute approximate surface area is 59.8 Å². The largest absolute Gasteiger partial charge is 0.341 e. The molecule has 0 saturated carbocycles. The number of urea groups is 1. The van der Waals surface area contributed by atoms with Gasteiger partial charge in [0.25, 0.3) is 0 Å². The summed E-state index contributed by atoms with van der Waals surface area (Å²) >= 11 is 0. The van der Waals surface area contributed by atoms with Crippen molar-refractivity contribution in [2.45, 2.75) is 6.92 Å². The molecule has 0 spiro atoms. The maximum atomic E-state index is 10.5. The second kappa shape index (κ2) is 4.55. The summed E-state index contributed by atoms with van der Waals surface area (Å²) in [5.74, 6) is 0.0850. The zero-order chi connectivity index (χ0) is 7.98. The fourth-order valence-corrected chi connectivity index (χ4v) is 0.393. The first-order valence-electron chi connectivity index (χ1n) is 2.90. The van der Waals surface area contributed by atoms with E-state index in [4.69, 9.17) is 5.41 Å². The Hall–Kier alpha value is -1.32. The summed E-state index contributed by atoms with van der Waals surface area (Å²) in [4.78, 5) is 10.5. The van der Waals surface area contributed by atoms with Gasteiger partial charge in [0.15, 0.2) is 0 Å². The van der Waals surface area contributed by atoms with Gasteiger partial charge in [-0.1, -0.05) is 6.08 Å². The van der Waals surface area contributed by atoms with Crippen LogP contribution in [-0.4, -0.2) is 18.9 Å². The second-order valence-corrected chi connectivity index (χ2v) is 1.62. The molecule has 4 nitrogen and oxygen atoms in total. The molecule has 0 aliphatic rings. The fourth-order valence-electron chi connectivity index (χ4n) is 0.393. The molecule has 0 aliphatic carbocycles. The van der Waals surface area contributed by atoms with Crippen LogP contribution in [0.15, 0.2) is 12.2 Å². The molecule has 0 saturated heterocycles. The average molecular weight is 141 g/mol. The lowest BCUT2D eigenvalue weighted by atomic mass is 10.5. The summed E-state index contributed by atoms with van der Waals surface area (Å²) in [7, 11) is 1.50. The minimum atomic E-state index is -0.372. The van der Waals surface area contributed by atoms with Crippen LogP contribution in [0.2, 0.25) is 0 Å². The molecule has 0 bridgehead atoms. The topological polar surface area (TPSA) is 65.0 Å². The van der Waals surface area contributed by atoms with E-state index in [0.717, 1.165) is 0 Å². The van der Waals surface area contributed by atoms with Gasteiger partial charge in [0, 0.05) is 7.05 Å². The molecule has 3 N–H and O–H groups in total. The highest BCUT2D eigenvalue weighted by Gasteiger charge is 1.94. The molecule has 0 aromatic carbocycles. The van der Waals surface area contributed by atoms with Crippen molar-refractivity contribution >= 4 is 11.9 Å². The van der Waals surface area contributed by atoms with Crippen LogP contribution in [0, 0.1) is 5.41 Å². The van der Waals surface area contributed by atoms with Gasteiger partial charge in [0.2, 0.25) is 0 Å². The van der Waals surface area contributed by atoms with Gasteiger partial charge in [-0.2, -0.15) is 0 Å². The van der Waals surface area contributed by atoms with Gasteiger partial charge in [-0.3, -0.25) is 10.7 Å². The van der Waals surface area contributed by atoms with E-state index in [1.165, 1.54) is 13.1 Å². The van der Waals surface area contributed by atoms with Crippen LogP contribution < -0.4 is 10.6 Å². The third-order valence-corrected chi connectivity index (χ3v) is 0.809. The summed E-state index contributed by atoms with van der Waals surface area (Å²) in [6.45, 7) is 1.78. The highest BCUT2D eigenvalue weighted by Crippen LogP contribution is 1.71. The minimum Gasteiger partial charge on any atom is -0.341 e. The molecule has 4 heteroatoms. The molecule has 0 fully saturated rings. The Kier molecular flexibility index (Phi) is 3.95. The summed E-state index contributed by atoms with van der Waals surface area (Å²) in [6, 6.07) is -0.372. The maximum absolute atomic E-state index is 10.5. The number of rotatable bonds is 1. The van der Waals surface area contributed by atoms with Crippen LogP contribution in [-0.2, 0) is 0 Å². The molecule has 0 rings (SSSR count). The Morgan fingerprint density at radius 2 is 2.20 bits per heavy atom. The summed E-state index contributed by atoms with van der Waals surface area (Å²) in [5, 5.41) is 11.7. The van der Waals surface area contributed by atoms with Gasteiger partial charge < -0.3 is 5.32 Å². The Bertz CT molecular complexity index is 162. The van der Waals surface area contributed by atoms with E-state index < -0.39 is 0 Å². The van der Waals surface area contributed by atoms with E-state index in [0.29, 0.717) is 0 Å². The van der Waals surface area contributed by atoms with Crippen LogP contribution in [0.3, 0.4) is 0 Å². The molecule has 56 valence electrons. The first kappa shape index (κ1) is 8.68. The zero-order valence-corrected chi connectivity index (χ0v) is 6.06. The van der Waals surface area contributed by atoms with Crippen LogP contribution in [0.4, 0.5) is 4.79 Å². The van der Waals surface area contributed by atoms with Crippen molar-refractivity contribution in [3.8, 4) is 0 Å². The molecule has 0 aliphatic heterocycles. The van der Waals surface area contributed by atoms with E-state index in [1.807, 2.05) is 0 Å². The molecule has 0 aromatic rings. The van der Waals surface area contributed by atoms with Crippen LogP contribution >= 0.6 is 0 Å². The third kappa shape index (κ3) is 3.65. The molecule has 0 radical (unpaired) electrons. The molecule has 0 aromatic heterocycles. The van der Waals surface area contributed by atoms with Crippen LogP contribution in [0.25, 0.3) is 0 Å². The molecule has 2 amide bonds. The number of carbonyl (C=O) groups is 1. The van der Waals surface area contributed by atoms with Crippen molar-refractivity contribution in [1.29, 1.82) is 5.41 Å². The first-order chi connectivity index (χ1) is 4.70. The van der Waals surface area contributed by atoms with Gasteiger partial charge in [0.05, 0.1) is 0 Å². The predicted molar refractivity (Wildman–Crippen MR) is 40.1 cm³/mol. The Balaban J connectivity index is 3.68. The molecule has 0 unspecified atom stereocenters. The van der Waals surface area contributed by atoms with E-state index in [2.05, 4.69) is 10.6 Å². The highest BCUT2D eigenvalue weighted by molar-refractivity contribution is 6.01. The van der Waals surface area contributed by atoms with Gasteiger partial charge >= 0.3 is 6.03 Å². The smallest absolute Gasteiger partial charge is 0.320 e. The number of allylic oxidation sites excluding steroid dienone is 1. The predicted octanol–water partition coefficient (Wildman–Crippen LogP) is 0.469. The lowest BCUT2D eigenvalue weighted by Crippen LogP contribution is -2.35. The second-order valence-electron chi connectivity index (χ2n) is 1.62. The van der Waals surface area contributed by atoms with Crippen molar-refractivity contribution in [3.63, 3.8) is 0 Å². The van der Waals surface area contributed by atoms with E-state index in [-0.39, 0.29) is 11.9 Å². The van der Waals surface area contributed by atoms with E-state index >= 15 is 0 Å². The standard InChI is InChI=1S/C6H11N3O/c1-3-4-5(7)9-6(10)8-2/h3-4H,1-2H3,(H3,7,8,9,10)/b4-3-. The highest BCUT2D eigenvalue weighted by atomic mass is 16.2. The van der Waals surface area contributed by atoms with E-state index in [1.54, 1.807) is 13.0 Å². The summed E-state index contributed by atoms with van der Waals surface area (Å²) < 4.78 is 0. The molecular formula is C6H11N3O. The van der Waals surface area contributed by atoms with Crippen molar-refractivity contribution in [2.24, 2.45) is 0 Å². The van der Waals surface area contributed by atoms with Crippen molar-refractivity contribution in [3.05, 3.63) is 12.2 Å². The number of amidine groups is 1. The number of hydrogen-bond acceptors (Lipinski definition) is 2. The monoisotopic (exact) mass is 141 g/mol. The summed E-state index contributed by atoms with van der Waals surface area (Å²) in [6.07, 6.45) is 3.17. The van der Waals surface area contributed by atoms with Gasteiger partial charge in [0.1, 0.15) is 5.84 Å². The number of hydrogen-bond donors (Lipinski definition) is 3. The minimum absolute atomic E-state index is 0.0850. The van der Waals surface area contributed by atoms with E-state index in [9.17, 15) is 4.79 Å². The Morgan fingerprint density at radius 1 is 1.60 bits per heavy atom.